The number of carbonyl (C=O) groups is 2. The van der Waals surface area contributed by atoms with Gasteiger partial charge in [0.15, 0.2) is 8.32 Å². The Bertz CT molecular complexity index is 1190. The second-order valence-electron chi connectivity index (χ2n) is 10.7. The van der Waals surface area contributed by atoms with Crippen molar-refractivity contribution >= 4 is 20.3 Å². The highest BCUT2D eigenvalue weighted by molar-refractivity contribution is 6.74. The molecule has 3 rings (SSSR count). The van der Waals surface area contributed by atoms with E-state index in [9.17, 15) is 28.3 Å². The number of rotatable bonds is 8. The van der Waals surface area contributed by atoms with E-state index in [1.165, 1.54) is 12.1 Å². The van der Waals surface area contributed by atoms with E-state index < -0.39 is 50.1 Å². The van der Waals surface area contributed by atoms with Crippen LogP contribution in [0, 0.1) is 0 Å². The Kier molecular flexibility index (Phi) is 8.60. The minimum atomic E-state index is -4.55. The molecule has 2 amide bonds. The van der Waals surface area contributed by atoms with Crippen molar-refractivity contribution in [2.45, 2.75) is 63.1 Å². The number of cyclic esters (lactones) is 1. The Labute approximate surface area is 220 Å². The molecular formula is C26H31F3N4O4Si. The first-order chi connectivity index (χ1) is 17.7. The molecule has 1 fully saturated rings. The van der Waals surface area contributed by atoms with E-state index in [0.29, 0.717) is 11.1 Å². The number of ether oxygens (including phenoxy) is 1. The van der Waals surface area contributed by atoms with E-state index in [2.05, 4.69) is 10.0 Å². The Morgan fingerprint density at radius 3 is 2.29 bits per heavy atom. The molecule has 3 atom stereocenters. The standard InChI is InChI=1S/C26H31F3N4O4Si/c1-25(2,3)38(4,5)37-15-20(17-11-13-19(14-12-17)26(27,28)29)22(31-32-30)23(34)33-21(16-36-24(33)35)18-9-7-6-8-10-18/h6-14,20-22H,15-16H2,1-5H3/t20-,21+,22?/m0/s1. The van der Waals surface area contributed by atoms with Crippen LogP contribution < -0.4 is 0 Å². The summed E-state index contributed by atoms with van der Waals surface area (Å²) in [7, 11) is -2.39. The predicted octanol–water partition coefficient (Wildman–Crippen LogP) is 7.21. The minimum absolute atomic E-state index is 0.0804. The number of carbonyl (C=O) groups excluding carboxylic acids is 2. The fourth-order valence-electron chi connectivity index (χ4n) is 3.89. The van der Waals surface area contributed by atoms with Gasteiger partial charge in [0.2, 0.25) is 5.91 Å². The van der Waals surface area contributed by atoms with Gasteiger partial charge in [0.1, 0.15) is 18.7 Å². The number of hydrogen-bond acceptors (Lipinski definition) is 5. The Morgan fingerprint density at radius 1 is 1.16 bits per heavy atom. The number of azide groups is 1. The summed E-state index contributed by atoms with van der Waals surface area (Å²) >= 11 is 0. The Hall–Kier alpha value is -3.34. The molecule has 8 nitrogen and oxygen atoms in total. The van der Waals surface area contributed by atoms with Gasteiger partial charge in [0.25, 0.3) is 0 Å². The van der Waals surface area contributed by atoms with Gasteiger partial charge in [-0.25, -0.2) is 9.69 Å². The van der Waals surface area contributed by atoms with Gasteiger partial charge in [-0.15, -0.1) is 0 Å². The van der Waals surface area contributed by atoms with Gasteiger partial charge in [-0.3, -0.25) is 4.79 Å². The highest BCUT2D eigenvalue weighted by Gasteiger charge is 2.45. The largest absolute Gasteiger partial charge is 0.446 e. The molecule has 0 saturated carbocycles. The van der Waals surface area contributed by atoms with Gasteiger partial charge in [-0.2, -0.15) is 13.2 Å². The molecule has 2 aromatic carbocycles. The summed E-state index contributed by atoms with van der Waals surface area (Å²) in [5.41, 5.74) is 9.47. The minimum Gasteiger partial charge on any atom is -0.446 e. The molecule has 0 spiro atoms. The maximum absolute atomic E-state index is 13.8. The number of imide groups is 1. The first-order valence-corrected chi connectivity index (χ1v) is 15.0. The molecule has 1 aliphatic rings. The van der Waals surface area contributed by atoms with Crippen molar-refractivity contribution in [1.29, 1.82) is 0 Å². The van der Waals surface area contributed by atoms with E-state index in [1.54, 1.807) is 30.3 Å². The molecule has 0 aliphatic carbocycles. The molecule has 0 N–H and O–H groups in total. The lowest BCUT2D eigenvalue weighted by atomic mass is 9.90. The summed E-state index contributed by atoms with van der Waals surface area (Å²) in [4.78, 5) is 30.3. The van der Waals surface area contributed by atoms with E-state index in [1.807, 2.05) is 33.9 Å². The molecule has 38 heavy (non-hydrogen) atoms. The molecule has 0 bridgehead atoms. The summed E-state index contributed by atoms with van der Waals surface area (Å²) in [6.07, 6.45) is -5.44. The van der Waals surface area contributed by atoms with Crippen molar-refractivity contribution in [3.05, 3.63) is 81.7 Å². The SMILES string of the molecule is CC(C)(C)[Si](C)(C)OC[C@@H](c1ccc(C(F)(F)F)cc1)C(N=[N+]=[N-])C(=O)N1C(=O)OC[C@@H]1c1ccccc1. The normalized spacial score (nSPS) is 17.9. The van der Waals surface area contributed by atoms with Crippen molar-refractivity contribution in [2.24, 2.45) is 5.11 Å². The smallest absolute Gasteiger partial charge is 0.417 e. The molecule has 0 aromatic heterocycles. The summed E-state index contributed by atoms with van der Waals surface area (Å²) in [5.74, 6) is -1.78. The lowest BCUT2D eigenvalue weighted by molar-refractivity contribution is -0.137. The zero-order valence-corrected chi connectivity index (χ0v) is 22.9. The van der Waals surface area contributed by atoms with Crippen molar-refractivity contribution in [1.82, 2.24) is 4.90 Å². The van der Waals surface area contributed by atoms with Crippen LogP contribution in [0.5, 0.6) is 0 Å². The lowest BCUT2D eigenvalue weighted by Gasteiger charge is -2.38. The Morgan fingerprint density at radius 2 is 1.76 bits per heavy atom. The average molecular weight is 549 g/mol. The maximum atomic E-state index is 13.8. The number of benzene rings is 2. The number of alkyl halides is 3. The van der Waals surface area contributed by atoms with E-state index >= 15 is 0 Å². The van der Waals surface area contributed by atoms with Crippen LogP contribution in [0.3, 0.4) is 0 Å². The van der Waals surface area contributed by atoms with E-state index in [-0.39, 0.29) is 18.3 Å². The summed E-state index contributed by atoms with van der Waals surface area (Å²) in [5, 5.41) is 3.54. The second kappa shape index (κ2) is 11.2. The molecule has 2 aromatic rings. The predicted molar refractivity (Wildman–Crippen MR) is 138 cm³/mol. The van der Waals surface area contributed by atoms with Crippen LogP contribution in [0.2, 0.25) is 18.1 Å². The van der Waals surface area contributed by atoms with Crippen LogP contribution in [0.4, 0.5) is 18.0 Å². The van der Waals surface area contributed by atoms with Crippen LogP contribution in [0.1, 0.15) is 49.4 Å². The molecule has 204 valence electrons. The number of halogens is 3. The number of amides is 2. The molecule has 1 saturated heterocycles. The zero-order chi connectivity index (χ0) is 28.3. The van der Waals surface area contributed by atoms with E-state index in [0.717, 1.165) is 17.0 Å². The maximum Gasteiger partial charge on any atom is 0.417 e. The first kappa shape index (κ1) is 29.2. The van der Waals surface area contributed by atoms with E-state index in [4.69, 9.17) is 9.16 Å². The van der Waals surface area contributed by atoms with Gasteiger partial charge in [-0.05, 0) is 46.9 Å². The summed E-state index contributed by atoms with van der Waals surface area (Å²) < 4.78 is 51.1. The summed E-state index contributed by atoms with van der Waals surface area (Å²) in [6, 6.07) is 10.8. The highest BCUT2D eigenvalue weighted by atomic mass is 28.4. The molecule has 1 unspecified atom stereocenters. The highest BCUT2D eigenvalue weighted by Crippen LogP contribution is 2.39. The van der Waals surface area contributed by atoms with Gasteiger partial charge in [0.05, 0.1) is 5.56 Å². The van der Waals surface area contributed by atoms with Crippen LogP contribution in [-0.2, 0) is 20.1 Å². The fraction of sp³-hybridized carbons (Fsp3) is 0.462. The van der Waals surface area contributed by atoms with Crippen LogP contribution >= 0.6 is 0 Å². The fourth-order valence-corrected chi connectivity index (χ4v) is 4.92. The average Bonchev–Trinajstić information content (AvgIpc) is 3.24. The van der Waals surface area contributed by atoms with Crippen LogP contribution in [-0.4, -0.2) is 44.5 Å². The molecule has 12 heteroatoms. The third-order valence-corrected chi connectivity index (χ3v) is 11.7. The first-order valence-electron chi connectivity index (χ1n) is 12.1. The zero-order valence-electron chi connectivity index (χ0n) is 21.9. The van der Waals surface area contributed by atoms with Gasteiger partial charge in [0, 0.05) is 17.4 Å². The third kappa shape index (κ3) is 6.37. The van der Waals surface area contributed by atoms with Crippen molar-refractivity contribution < 1.29 is 31.9 Å². The third-order valence-electron chi connectivity index (χ3n) is 7.20. The number of hydrogen-bond donors (Lipinski definition) is 0. The van der Waals surface area contributed by atoms with Crippen molar-refractivity contribution in [3.63, 3.8) is 0 Å². The topological polar surface area (TPSA) is 105 Å². The Balaban J connectivity index is 2.04. The molecule has 1 heterocycles. The van der Waals surface area contributed by atoms with Gasteiger partial charge < -0.3 is 9.16 Å². The summed E-state index contributed by atoms with van der Waals surface area (Å²) in [6.45, 7) is 9.86. The number of nitrogens with zero attached hydrogens (tertiary/aromatic N) is 4. The lowest BCUT2D eigenvalue weighted by Crippen LogP contribution is -2.46. The molecule has 0 radical (unpaired) electrons. The molecule has 1 aliphatic heterocycles. The second-order valence-corrected chi connectivity index (χ2v) is 15.5. The van der Waals surface area contributed by atoms with Gasteiger partial charge in [-0.1, -0.05) is 68.4 Å². The monoisotopic (exact) mass is 548 g/mol. The van der Waals surface area contributed by atoms with Crippen LogP contribution in [0.25, 0.3) is 10.4 Å². The quantitative estimate of drug-likeness (QED) is 0.150. The molecular weight excluding hydrogens is 517 g/mol. The van der Waals surface area contributed by atoms with Crippen LogP contribution in [0.15, 0.2) is 59.7 Å². The van der Waals surface area contributed by atoms with Crippen molar-refractivity contribution in [2.75, 3.05) is 13.2 Å². The van der Waals surface area contributed by atoms with Crippen molar-refractivity contribution in [3.8, 4) is 0 Å². The van der Waals surface area contributed by atoms with Gasteiger partial charge >= 0.3 is 12.3 Å².